The van der Waals surface area contributed by atoms with Gasteiger partial charge in [-0.1, -0.05) is 6.07 Å². The van der Waals surface area contributed by atoms with Gasteiger partial charge in [0.1, 0.15) is 11.5 Å². The zero-order valence-electron chi connectivity index (χ0n) is 16.5. The van der Waals surface area contributed by atoms with Crippen LogP contribution >= 0.6 is 0 Å². The van der Waals surface area contributed by atoms with Crippen LogP contribution in [0, 0.1) is 0 Å². The third-order valence-corrected chi connectivity index (χ3v) is 5.46. The van der Waals surface area contributed by atoms with Crippen molar-refractivity contribution in [3.63, 3.8) is 0 Å². The Balaban J connectivity index is 1.58. The Morgan fingerprint density at radius 2 is 2.13 bits per heavy atom. The third-order valence-electron chi connectivity index (χ3n) is 5.46. The normalized spacial score (nSPS) is 24.7. The maximum atomic E-state index is 13.0. The number of amides is 4. The molecule has 11 heteroatoms. The van der Waals surface area contributed by atoms with E-state index in [2.05, 4.69) is 21.2 Å². The molecular formula is C19H21N5O6. The predicted molar refractivity (Wildman–Crippen MR) is 103 cm³/mol. The molecule has 4 rings (SSSR count). The fourth-order valence-corrected chi connectivity index (χ4v) is 3.94. The quantitative estimate of drug-likeness (QED) is 0.421. The molecule has 1 fully saturated rings. The van der Waals surface area contributed by atoms with Crippen LogP contribution in [0.2, 0.25) is 0 Å². The highest BCUT2D eigenvalue weighted by Gasteiger charge is 2.56. The highest BCUT2D eigenvalue weighted by molar-refractivity contribution is 6.37. The molecule has 3 N–H and O–H groups in total. The van der Waals surface area contributed by atoms with Crippen molar-refractivity contribution in [3.05, 3.63) is 29.3 Å². The van der Waals surface area contributed by atoms with Gasteiger partial charge in [0.05, 0.1) is 26.3 Å². The number of hydrogen-bond acceptors (Lipinski definition) is 8. The largest absolute Gasteiger partial charge is 0.497 e. The van der Waals surface area contributed by atoms with E-state index in [9.17, 15) is 19.2 Å². The number of hydrazone groups is 1. The molecule has 0 bridgehead atoms. The summed E-state index contributed by atoms with van der Waals surface area (Å²) in [5.74, 6) is -0.909. The number of nitrogens with zero attached hydrogens (tertiary/aromatic N) is 2. The van der Waals surface area contributed by atoms with Crippen molar-refractivity contribution < 1.29 is 28.7 Å². The van der Waals surface area contributed by atoms with Crippen molar-refractivity contribution in [2.45, 2.75) is 31.5 Å². The van der Waals surface area contributed by atoms with Crippen molar-refractivity contribution in [2.24, 2.45) is 5.10 Å². The van der Waals surface area contributed by atoms with Gasteiger partial charge in [-0.25, -0.2) is 9.59 Å². The first kappa shape index (κ1) is 19.7. The Hall–Kier alpha value is -3.63. The number of rotatable bonds is 6. The number of hydrogen-bond donors (Lipinski definition) is 3. The Labute approximate surface area is 171 Å². The molecule has 30 heavy (non-hydrogen) atoms. The number of imide groups is 1. The van der Waals surface area contributed by atoms with E-state index >= 15 is 0 Å². The average molecular weight is 415 g/mol. The van der Waals surface area contributed by atoms with E-state index < -0.39 is 29.5 Å². The van der Waals surface area contributed by atoms with Crippen LogP contribution in [0.15, 0.2) is 23.3 Å². The number of benzene rings is 1. The molecule has 3 heterocycles. The molecular weight excluding hydrogens is 394 g/mol. The summed E-state index contributed by atoms with van der Waals surface area (Å²) in [7, 11) is 1.51. The number of methoxy groups -OCH3 is 1. The smallest absolute Gasteiger partial charge is 0.354 e. The molecule has 1 aromatic rings. The summed E-state index contributed by atoms with van der Waals surface area (Å²) in [4.78, 5) is 51.2. The maximum Gasteiger partial charge on any atom is 0.354 e. The minimum Gasteiger partial charge on any atom is -0.497 e. The van der Waals surface area contributed by atoms with Crippen LogP contribution in [0.3, 0.4) is 0 Å². The van der Waals surface area contributed by atoms with E-state index in [0.717, 1.165) is 5.56 Å². The van der Waals surface area contributed by atoms with Crippen LogP contribution < -0.4 is 20.8 Å². The molecule has 4 amide bonds. The Morgan fingerprint density at radius 1 is 1.33 bits per heavy atom. The van der Waals surface area contributed by atoms with Crippen molar-refractivity contribution in [2.75, 3.05) is 20.3 Å². The monoisotopic (exact) mass is 415 g/mol. The molecule has 3 aliphatic rings. The Bertz CT molecular complexity index is 976. The molecule has 3 aliphatic heterocycles. The lowest BCUT2D eigenvalue weighted by molar-refractivity contribution is -0.135. The van der Waals surface area contributed by atoms with Crippen LogP contribution in [-0.4, -0.2) is 66.3 Å². The molecule has 158 valence electrons. The van der Waals surface area contributed by atoms with Crippen molar-refractivity contribution >= 4 is 29.5 Å². The average Bonchev–Trinajstić information content (AvgIpc) is 3.40. The molecule has 0 spiro atoms. The number of ether oxygens (including phenoxy) is 2. The summed E-state index contributed by atoms with van der Waals surface area (Å²) in [6.45, 7) is 2.05. The third kappa shape index (κ3) is 3.11. The summed E-state index contributed by atoms with van der Waals surface area (Å²) in [5.41, 5.74) is 2.67. The van der Waals surface area contributed by atoms with Gasteiger partial charge in [0.25, 0.3) is 11.8 Å². The van der Waals surface area contributed by atoms with Crippen molar-refractivity contribution in [1.82, 2.24) is 21.0 Å². The molecule has 0 aromatic heterocycles. The van der Waals surface area contributed by atoms with Crippen molar-refractivity contribution in [3.8, 4) is 5.75 Å². The Morgan fingerprint density at radius 3 is 2.80 bits per heavy atom. The van der Waals surface area contributed by atoms with Gasteiger partial charge in [0.2, 0.25) is 0 Å². The second-order valence-corrected chi connectivity index (χ2v) is 7.23. The lowest BCUT2D eigenvalue weighted by Crippen LogP contribution is -2.65. The molecule has 1 unspecified atom stereocenters. The molecule has 0 aliphatic carbocycles. The molecule has 11 nitrogen and oxygen atoms in total. The predicted octanol–water partition coefficient (Wildman–Crippen LogP) is -0.490. The lowest BCUT2D eigenvalue weighted by atomic mass is 9.86. The van der Waals surface area contributed by atoms with E-state index in [1.54, 1.807) is 25.1 Å². The van der Waals surface area contributed by atoms with Gasteiger partial charge in [0, 0.05) is 18.5 Å². The fraction of sp³-hybridized carbons (Fsp3) is 0.421. The number of carbonyl (C=O) groups is 4. The zero-order chi connectivity index (χ0) is 21.5. The molecule has 2 atom stereocenters. The maximum absolute atomic E-state index is 13.0. The Kier molecular flexibility index (Phi) is 4.80. The number of fused-ring (bicyclic) bond motifs is 1. The molecule has 1 saturated heterocycles. The van der Waals surface area contributed by atoms with Gasteiger partial charge in [-0.15, -0.1) is 0 Å². The summed E-state index contributed by atoms with van der Waals surface area (Å²) in [6.07, 6.45) is 0.0648. The first-order valence-electron chi connectivity index (χ1n) is 9.47. The second-order valence-electron chi connectivity index (χ2n) is 7.23. The fourth-order valence-electron chi connectivity index (χ4n) is 3.94. The van der Waals surface area contributed by atoms with Crippen LogP contribution in [-0.2, 0) is 20.9 Å². The first-order chi connectivity index (χ1) is 14.4. The van der Waals surface area contributed by atoms with Crippen LogP contribution in [0.4, 0.5) is 4.79 Å². The highest BCUT2D eigenvalue weighted by Crippen LogP contribution is 2.31. The van der Waals surface area contributed by atoms with Crippen molar-refractivity contribution in [1.29, 1.82) is 0 Å². The minimum absolute atomic E-state index is 0.0648. The zero-order valence-corrected chi connectivity index (χ0v) is 16.5. The summed E-state index contributed by atoms with van der Waals surface area (Å²) >= 11 is 0. The number of esters is 1. The van der Waals surface area contributed by atoms with E-state index in [1.807, 2.05) is 0 Å². The van der Waals surface area contributed by atoms with Gasteiger partial charge in [-0.05, 0) is 24.6 Å². The SMILES string of the molecule is CCOC(=O)C1=NNC([C@]2(CN3Cc4ccc(OC)cc4C3=O)NC(=O)NC2=O)C1. The van der Waals surface area contributed by atoms with Crippen LogP contribution in [0.1, 0.15) is 29.3 Å². The highest BCUT2D eigenvalue weighted by atomic mass is 16.5. The van der Waals surface area contributed by atoms with E-state index in [4.69, 9.17) is 9.47 Å². The standard InChI is InChI=1S/C19H21N5O6/c1-3-30-16(26)13-7-14(23-22-13)19(17(27)20-18(28)21-19)9-24-8-10-4-5-11(29-2)6-12(10)15(24)25/h4-6,14,23H,3,7-9H2,1-2H3,(H2,20,21,27,28)/t14?,19-/m0/s1. The van der Waals surface area contributed by atoms with Crippen LogP contribution in [0.25, 0.3) is 0 Å². The molecule has 0 radical (unpaired) electrons. The van der Waals surface area contributed by atoms with Gasteiger partial charge in [-0.3, -0.25) is 14.9 Å². The summed E-state index contributed by atoms with van der Waals surface area (Å²) in [5, 5.41) is 8.85. The van der Waals surface area contributed by atoms with E-state index in [1.165, 1.54) is 12.0 Å². The molecule has 1 aromatic carbocycles. The number of carbonyl (C=O) groups excluding carboxylic acids is 4. The van der Waals surface area contributed by atoms with Gasteiger partial charge in [0.15, 0.2) is 5.54 Å². The topological polar surface area (TPSA) is 138 Å². The van der Waals surface area contributed by atoms with E-state index in [-0.39, 0.29) is 37.7 Å². The van der Waals surface area contributed by atoms with Crippen LogP contribution in [0.5, 0.6) is 5.75 Å². The van der Waals surface area contributed by atoms with Gasteiger partial charge < -0.3 is 25.1 Å². The van der Waals surface area contributed by atoms with Gasteiger partial charge >= 0.3 is 12.0 Å². The number of nitrogens with one attached hydrogen (secondary N) is 3. The number of urea groups is 1. The lowest BCUT2D eigenvalue weighted by Gasteiger charge is -2.35. The molecule has 0 saturated carbocycles. The van der Waals surface area contributed by atoms with Gasteiger partial charge in [-0.2, -0.15) is 5.10 Å². The summed E-state index contributed by atoms with van der Waals surface area (Å²) < 4.78 is 10.1. The minimum atomic E-state index is -1.49. The second kappa shape index (κ2) is 7.32. The summed E-state index contributed by atoms with van der Waals surface area (Å²) in [6, 6.07) is 3.80. The van der Waals surface area contributed by atoms with E-state index in [0.29, 0.717) is 11.3 Å². The first-order valence-corrected chi connectivity index (χ1v) is 9.47.